The first-order valence-corrected chi connectivity index (χ1v) is 11.0. The number of aryl methyl sites for hydroxylation is 1. The maximum atomic E-state index is 10.1. The molecular weight excluding hydrogens is 406 g/mol. The van der Waals surface area contributed by atoms with Gasteiger partial charge in [0.25, 0.3) is 0 Å². The second kappa shape index (κ2) is 8.64. The quantitative estimate of drug-likeness (QED) is 0.271. The molecule has 0 unspecified atom stereocenters. The fourth-order valence-corrected chi connectivity index (χ4v) is 4.44. The van der Waals surface area contributed by atoms with Gasteiger partial charge < -0.3 is 8.98 Å². The van der Waals surface area contributed by atoms with E-state index in [0.29, 0.717) is 17.2 Å². The zero-order chi connectivity index (χ0) is 22.8. The lowest BCUT2D eigenvalue weighted by Gasteiger charge is -2.03. The number of aromatic nitrogens is 1. The Balaban J connectivity index is 1.70. The van der Waals surface area contributed by atoms with Crippen LogP contribution in [0.3, 0.4) is 0 Å². The predicted molar refractivity (Wildman–Crippen MR) is 134 cm³/mol. The Morgan fingerprint density at radius 3 is 2.21 bits per heavy atom. The van der Waals surface area contributed by atoms with Gasteiger partial charge in [-0.2, -0.15) is 5.26 Å². The molecule has 0 saturated carbocycles. The molecule has 0 aliphatic carbocycles. The lowest BCUT2D eigenvalue weighted by Crippen LogP contribution is -1.96. The van der Waals surface area contributed by atoms with Crippen molar-refractivity contribution in [1.82, 2.24) is 4.57 Å². The summed E-state index contributed by atoms with van der Waals surface area (Å²) in [4.78, 5) is 4.71. The van der Waals surface area contributed by atoms with Gasteiger partial charge >= 0.3 is 0 Å². The van der Waals surface area contributed by atoms with Crippen LogP contribution >= 0.6 is 0 Å². The summed E-state index contributed by atoms with van der Waals surface area (Å²) in [6, 6.07) is 30.4. The minimum atomic E-state index is 0.322. The molecule has 33 heavy (non-hydrogen) atoms. The van der Waals surface area contributed by atoms with Crippen LogP contribution < -0.4 is 0 Å². The number of rotatable bonds is 5. The summed E-state index contributed by atoms with van der Waals surface area (Å²) in [6.45, 7) is 5.11. The van der Waals surface area contributed by atoms with Crippen molar-refractivity contribution in [2.24, 2.45) is 4.99 Å². The molecule has 0 amide bonds. The standard InChI is InChI=1S/C29H23N3O/c1-3-32-20(2)25(23-16-10-11-17-26(23)32)19-31-29-24(18-30)27(21-12-6-4-7-13-21)28(33-29)22-14-8-5-9-15-22/h4-17,19H,3H2,1-2H3/b31-19+. The minimum Gasteiger partial charge on any atom is -0.436 e. The molecule has 2 aromatic heterocycles. The first-order valence-electron chi connectivity index (χ1n) is 11.0. The Labute approximate surface area is 193 Å². The zero-order valence-corrected chi connectivity index (χ0v) is 18.6. The number of para-hydroxylation sites is 1. The number of benzene rings is 3. The summed E-state index contributed by atoms with van der Waals surface area (Å²) in [5.74, 6) is 0.973. The largest absolute Gasteiger partial charge is 0.436 e. The van der Waals surface area contributed by atoms with E-state index in [1.54, 1.807) is 0 Å². The van der Waals surface area contributed by atoms with Crippen molar-refractivity contribution in [3.05, 3.63) is 102 Å². The lowest BCUT2D eigenvalue weighted by molar-refractivity contribution is 0.593. The Bertz CT molecular complexity index is 1500. The molecule has 0 saturated heterocycles. The van der Waals surface area contributed by atoms with Crippen molar-refractivity contribution in [3.63, 3.8) is 0 Å². The third-order valence-corrected chi connectivity index (χ3v) is 6.01. The molecule has 5 rings (SSSR count). The van der Waals surface area contributed by atoms with Gasteiger partial charge in [-0.1, -0.05) is 78.9 Å². The summed E-state index contributed by atoms with van der Waals surface area (Å²) in [5.41, 5.74) is 6.39. The zero-order valence-electron chi connectivity index (χ0n) is 18.6. The summed E-state index contributed by atoms with van der Waals surface area (Å²) in [7, 11) is 0. The molecule has 5 aromatic rings. The van der Waals surface area contributed by atoms with E-state index < -0.39 is 0 Å². The fourth-order valence-electron chi connectivity index (χ4n) is 4.44. The van der Waals surface area contributed by atoms with Gasteiger partial charge in [0.05, 0.1) is 0 Å². The Kier molecular flexibility index (Phi) is 5.38. The molecule has 4 heteroatoms. The monoisotopic (exact) mass is 429 g/mol. The maximum Gasteiger partial charge on any atom is 0.238 e. The van der Waals surface area contributed by atoms with Crippen LogP contribution in [-0.4, -0.2) is 10.8 Å². The average molecular weight is 430 g/mol. The van der Waals surface area contributed by atoms with Gasteiger partial charge in [-0.05, 0) is 25.5 Å². The van der Waals surface area contributed by atoms with Crippen LogP contribution in [0.25, 0.3) is 33.4 Å². The maximum absolute atomic E-state index is 10.1. The van der Waals surface area contributed by atoms with Crippen LogP contribution in [0.2, 0.25) is 0 Å². The van der Waals surface area contributed by atoms with E-state index in [-0.39, 0.29) is 0 Å². The highest BCUT2D eigenvalue weighted by Gasteiger charge is 2.22. The Morgan fingerprint density at radius 1 is 0.909 bits per heavy atom. The number of furan rings is 1. The molecule has 2 heterocycles. The molecular formula is C29H23N3O. The summed E-state index contributed by atoms with van der Waals surface area (Å²) < 4.78 is 8.53. The second-order valence-electron chi connectivity index (χ2n) is 7.85. The van der Waals surface area contributed by atoms with Gasteiger partial charge in [-0.3, -0.25) is 0 Å². The van der Waals surface area contributed by atoms with E-state index in [1.165, 1.54) is 5.52 Å². The van der Waals surface area contributed by atoms with Gasteiger partial charge in [-0.15, -0.1) is 0 Å². The first kappa shape index (κ1) is 20.5. The molecule has 0 aliphatic heterocycles. The van der Waals surface area contributed by atoms with Crippen LogP contribution in [0.4, 0.5) is 5.88 Å². The third-order valence-electron chi connectivity index (χ3n) is 6.01. The topological polar surface area (TPSA) is 54.2 Å². The van der Waals surface area contributed by atoms with Crippen molar-refractivity contribution < 1.29 is 4.42 Å². The van der Waals surface area contributed by atoms with Gasteiger partial charge in [0.1, 0.15) is 17.4 Å². The van der Waals surface area contributed by atoms with Crippen molar-refractivity contribution in [1.29, 1.82) is 5.26 Å². The third kappa shape index (κ3) is 3.54. The number of fused-ring (bicyclic) bond motifs is 1. The molecule has 3 aromatic carbocycles. The SMILES string of the molecule is CCn1c(C)c(/C=N/c2oc(-c3ccccc3)c(-c3ccccc3)c2C#N)c2ccccc21. The van der Waals surface area contributed by atoms with E-state index in [9.17, 15) is 5.26 Å². The number of nitriles is 1. The highest BCUT2D eigenvalue weighted by Crippen LogP contribution is 2.42. The molecule has 0 bridgehead atoms. The fraction of sp³-hybridized carbons (Fsp3) is 0.103. The van der Waals surface area contributed by atoms with Crippen LogP contribution in [0.15, 0.2) is 94.3 Å². The smallest absolute Gasteiger partial charge is 0.238 e. The molecule has 0 aliphatic rings. The van der Waals surface area contributed by atoms with Crippen LogP contribution in [0.1, 0.15) is 23.7 Å². The van der Waals surface area contributed by atoms with Crippen molar-refractivity contribution in [2.75, 3.05) is 0 Å². The Hall–Kier alpha value is -4.36. The van der Waals surface area contributed by atoms with Crippen LogP contribution in [0, 0.1) is 18.3 Å². The normalized spacial score (nSPS) is 11.3. The van der Waals surface area contributed by atoms with Crippen LogP contribution in [-0.2, 0) is 6.54 Å². The Morgan fingerprint density at radius 2 is 1.55 bits per heavy atom. The minimum absolute atomic E-state index is 0.322. The lowest BCUT2D eigenvalue weighted by atomic mass is 9.98. The molecule has 0 N–H and O–H groups in total. The highest BCUT2D eigenvalue weighted by molar-refractivity contribution is 6.02. The van der Waals surface area contributed by atoms with Gasteiger partial charge in [-0.25, -0.2) is 4.99 Å². The predicted octanol–water partition coefficient (Wildman–Crippen LogP) is 7.52. The van der Waals surface area contributed by atoms with Crippen molar-refractivity contribution in [3.8, 4) is 28.5 Å². The van der Waals surface area contributed by atoms with E-state index in [4.69, 9.17) is 9.41 Å². The van der Waals surface area contributed by atoms with Crippen molar-refractivity contribution >= 4 is 23.0 Å². The van der Waals surface area contributed by atoms with E-state index in [1.807, 2.05) is 79.0 Å². The van der Waals surface area contributed by atoms with Gasteiger partial charge in [0.2, 0.25) is 5.88 Å². The molecule has 0 fully saturated rings. The summed E-state index contributed by atoms with van der Waals surface area (Å²) in [5, 5.41) is 11.2. The number of nitrogens with zero attached hydrogens (tertiary/aromatic N) is 3. The van der Waals surface area contributed by atoms with Crippen LogP contribution in [0.5, 0.6) is 0 Å². The molecule has 0 radical (unpaired) electrons. The highest BCUT2D eigenvalue weighted by atomic mass is 16.4. The van der Waals surface area contributed by atoms with E-state index in [0.717, 1.165) is 39.9 Å². The molecule has 0 spiro atoms. The number of hydrogen-bond acceptors (Lipinski definition) is 3. The van der Waals surface area contributed by atoms with E-state index >= 15 is 0 Å². The second-order valence-corrected chi connectivity index (χ2v) is 7.85. The molecule has 160 valence electrons. The van der Waals surface area contributed by atoms with Gasteiger partial charge in [0, 0.05) is 46.0 Å². The average Bonchev–Trinajstić information content (AvgIpc) is 3.37. The summed E-state index contributed by atoms with van der Waals surface area (Å²) in [6.07, 6.45) is 1.83. The molecule has 0 atom stereocenters. The number of hydrogen-bond donors (Lipinski definition) is 0. The summed E-state index contributed by atoms with van der Waals surface area (Å²) >= 11 is 0. The van der Waals surface area contributed by atoms with E-state index in [2.05, 4.69) is 36.6 Å². The van der Waals surface area contributed by atoms with Crippen molar-refractivity contribution in [2.45, 2.75) is 20.4 Å². The number of aliphatic imine (C=N–C) groups is 1. The van der Waals surface area contributed by atoms with Gasteiger partial charge in [0.15, 0.2) is 0 Å². The first-order chi connectivity index (χ1) is 16.2. The molecule has 4 nitrogen and oxygen atoms in total.